The molecule has 30 heavy (non-hydrogen) atoms. The zero-order valence-electron chi connectivity index (χ0n) is 16.3. The van der Waals surface area contributed by atoms with Crippen LogP contribution >= 0.6 is 0 Å². The summed E-state index contributed by atoms with van der Waals surface area (Å²) < 4.78 is 42.6. The maximum atomic E-state index is 13.3. The Kier molecular flexibility index (Phi) is 6.73. The predicted molar refractivity (Wildman–Crippen MR) is 102 cm³/mol. The molecule has 3 aromatic rings. The number of aromatic nitrogens is 2. The lowest BCUT2D eigenvalue weighted by Gasteiger charge is -2.16. The number of ether oxygens (including phenoxy) is 2. The first kappa shape index (κ1) is 21.4. The van der Waals surface area contributed by atoms with Gasteiger partial charge in [-0.25, -0.2) is 13.6 Å². The van der Waals surface area contributed by atoms with Crippen LogP contribution in [0.5, 0.6) is 5.75 Å². The van der Waals surface area contributed by atoms with Crippen LogP contribution in [-0.4, -0.2) is 33.4 Å². The van der Waals surface area contributed by atoms with Gasteiger partial charge in [-0.1, -0.05) is 17.3 Å². The molecule has 1 atom stereocenters. The maximum Gasteiger partial charge on any atom is 0.333 e. The Balaban J connectivity index is 1.59. The highest BCUT2D eigenvalue weighted by molar-refractivity contribution is 5.72. The van der Waals surface area contributed by atoms with E-state index in [-0.39, 0.29) is 36.4 Å². The molecule has 0 radical (unpaired) electrons. The van der Waals surface area contributed by atoms with Gasteiger partial charge in [-0.05, 0) is 43.7 Å². The molecule has 0 fully saturated rings. The fourth-order valence-corrected chi connectivity index (χ4v) is 2.71. The van der Waals surface area contributed by atoms with E-state index in [4.69, 9.17) is 14.0 Å². The van der Waals surface area contributed by atoms with Crippen LogP contribution < -0.4 is 4.74 Å². The SMILES string of the molecule is CC(C)OC(Cc1ccc(OCc2noc(-c3cc(F)cc(F)c3)n2)cc1)C(=O)O. The van der Waals surface area contributed by atoms with Gasteiger partial charge in [0.05, 0.1) is 6.10 Å². The topological polar surface area (TPSA) is 94.7 Å². The van der Waals surface area contributed by atoms with E-state index < -0.39 is 23.7 Å². The zero-order valence-corrected chi connectivity index (χ0v) is 16.3. The van der Waals surface area contributed by atoms with E-state index >= 15 is 0 Å². The summed E-state index contributed by atoms with van der Waals surface area (Å²) >= 11 is 0. The molecule has 0 spiro atoms. The van der Waals surface area contributed by atoms with E-state index in [0.717, 1.165) is 23.8 Å². The van der Waals surface area contributed by atoms with Crippen molar-refractivity contribution in [3.8, 4) is 17.2 Å². The normalized spacial score (nSPS) is 12.2. The molecule has 0 saturated carbocycles. The van der Waals surface area contributed by atoms with Crippen LogP contribution in [0.2, 0.25) is 0 Å². The molecule has 2 aromatic carbocycles. The average molecular weight is 418 g/mol. The lowest BCUT2D eigenvalue weighted by molar-refractivity contribution is -0.153. The predicted octanol–water partition coefficient (Wildman–Crippen LogP) is 4.01. The van der Waals surface area contributed by atoms with E-state index in [1.807, 2.05) is 0 Å². The van der Waals surface area contributed by atoms with Crippen LogP contribution in [0, 0.1) is 11.6 Å². The molecule has 0 saturated heterocycles. The second-order valence-electron chi connectivity index (χ2n) is 6.82. The quantitative estimate of drug-likeness (QED) is 0.561. The highest BCUT2D eigenvalue weighted by Crippen LogP contribution is 2.21. The van der Waals surface area contributed by atoms with E-state index in [2.05, 4.69) is 10.1 Å². The third-order valence-corrected chi connectivity index (χ3v) is 4.00. The van der Waals surface area contributed by atoms with Crippen molar-refractivity contribution in [2.45, 2.75) is 39.1 Å². The van der Waals surface area contributed by atoms with E-state index in [1.54, 1.807) is 38.1 Å². The highest BCUT2D eigenvalue weighted by atomic mass is 19.1. The van der Waals surface area contributed by atoms with Crippen molar-refractivity contribution in [3.05, 3.63) is 65.5 Å². The Bertz CT molecular complexity index is 985. The summed E-state index contributed by atoms with van der Waals surface area (Å²) in [6.45, 7) is 3.54. The van der Waals surface area contributed by atoms with Gasteiger partial charge < -0.3 is 19.1 Å². The Morgan fingerprint density at radius 2 is 1.80 bits per heavy atom. The van der Waals surface area contributed by atoms with Crippen LogP contribution in [0.25, 0.3) is 11.5 Å². The Labute approximate surface area is 171 Å². The fraction of sp³-hybridized carbons (Fsp3) is 0.286. The molecule has 0 aliphatic heterocycles. The minimum absolute atomic E-state index is 0.0190. The molecule has 158 valence electrons. The summed E-state index contributed by atoms with van der Waals surface area (Å²) in [4.78, 5) is 15.4. The van der Waals surface area contributed by atoms with Crippen molar-refractivity contribution >= 4 is 5.97 Å². The van der Waals surface area contributed by atoms with Crippen molar-refractivity contribution in [1.82, 2.24) is 10.1 Å². The number of carboxylic acid groups (broad SMARTS) is 1. The van der Waals surface area contributed by atoms with Gasteiger partial charge in [0.1, 0.15) is 17.4 Å². The third kappa shape index (κ3) is 5.84. The summed E-state index contributed by atoms with van der Waals surface area (Å²) in [6.07, 6.45) is -0.897. The average Bonchev–Trinajstić information content (AvgIpc) is 3.15. The number of rotatable bonds is 9. The molecule has 1 unspecified atom stereocenters. The summed E-state index contributed by atoms with van der Waals surface area (Å²) in [6, 6.07) is 9.79. The minimum Gasteiger partial charge on any atom is -0.485 e. The first-order valence-electron chi connectivity index (χ1n) is 9.19. The van der Waals surface area contributed by atoms with Crippen LogP contribution in [0.1, 0.15) is 25.2 Å². The number of halogens is 2. The Hall–Kier alpha value is -3.33. The number of nitrogens with zero attached hydrogens (tertiary/aromatic N) is 2. The first-order valence-corrected chi connectivity index (χ1v) is 9.19. The molecule has 7 nitrogen and oxygen atoms in total. The fourth-order valence-electron chi connectivity index (χ4n) is 2.71. The minimum atomic E-state index is -1.02. The summed E-state index contributed by atoms with van der Waals surface area (Å²) in [5, 5.41) is 13.0. The molecule has 0 bridgehead atoms. The van der Waals surface area contributed by atoms with E-state index in [9.17, 15) is 18.7 Å². The third-order valence-electron chi connectivity index (χ3n) is 4.00. The summed E-state index contributed by atoms with van der Waals surface area (Å²) in [5.41, 5.74) is 0.914. The molecule has 1 N–H and O–H groups in total. The van der Waals surface area contributed by atoms with Crippen LogP contribution in [0.3, 0.4) is 0 Å². The van der Waals surface area contributed by atoms with Crippen LogP contribution in [0.4, 0.5) is 8.78 Å². The first-order chi connectivity index (χ1) is 14.3. The molecule has 9 heteroatoms. The maximum absolute atomic E-state index is 13.3. The van der Waals surface area contributed by atoms with Crippen LogP contribution in [0.15, 0.2) is 47.0 Å². The van der Waals surface area contributed by atoms with Crippen molar-refractivity contribution in [1.29, 1.82) is 0 Å². The Morgan fingerprint density at radius 1 is 1.13 bits per heavy atom. The molecule has 1 aromatic heterocycles. The number of aliphatic carboxylic acids is 1. The highest BCUT2D eigenvalue weighted by Gasteiger charge is 2.20. The van der Waals surface area contributed by atoms with Gasteiger partial charge in [-0.2, -0.15) is 4.98 Å². The summed E-state index contributed by atoms with van der Waals surface area (Å²) in [5.74, 6) is -1.81. The second-order valence-corrected chi connectivity index (χ2v) is 6.82. The van der Waals surface area contributed by atoms with Gasteiger partial charge >= 0.3 is 5.97 Å². The molecule has 1 heterocycles. The van der Waals surface area contributed by atoms with Crippen molar-refractivity contribution in [2.24, 2.45) is 0 Å². The number of benzene rings is 2. The Morgan fingerprint density at radius 3 is 2.40 bits per heavy atom. The van der Waals surface area contributed by atoms with Gasteiger partial charge in [0, 0.05) is 18.1 Å². The molecule has 0 aliphatic carbocycles. The standard InChI is InChI=1S/C21H20F2N2O5/c1-12(2)29-18(21(26)27)7-13-3-5-17(6-4-13)28-11-19-24-20(30-25-19)14-8-15(22)10-16(23)9-14/h3-6,8-10,12,18H,7,11H2,1-2H3,(H,26,27). The van der Waals surface area contributed by atoms with Gasteiger partial charge in [-0.15, -0.1) is 0 Å². The number of carboxylic acids is 1. The van der Waals surface area contributed by atoms with Gasteiger partial charge in [-0.3, -0.25) is 0 Å². The largest absolute Gasteiger partial charge is 0.485 e. The lowest BCUT2D eigenvalue weighted by atomic mass is 10.1. The lowest BCUT2D eigenvalue weighted by Crippen LogP contribution is -2.29. The number of carbonyl (C=O) groups is 1. The summed E-state index contributed by atoms with van der Waals surface area (Å²) in [7, 11) is 0. The van der Waals surface area contributed by atoms with Crippen molar-refractivity contribution in [3.63, 3.8) is 0 Å². The van der Waals surface area contributed by atoms with E-state index in [0.29, 0.717) is 5.75 Å². The molecular weight excluding hydrogens is 398 g/mol. The van der Waals surface area contributed by atoms with Crippen molar-refractivity contribution in [2.75, 3.05) is 0 Å². The molecule has 0 amide bonds. The number of hydrogen-bond donors (Lipinski definition) is 1. The van der Waals surface area contributed by atoms with Crippen LogP contribution in [-0.2, 0) is 22.6 Å². The monoisotopic (exact) mass is 418 g/mol. The van der Waals surface area contributed by atoms with Gasteiger partial charge in [0.15, 0.2) is 12.7 Å². The smallest absolute Gasteiger partial charge is 0.333 e. The molecular formula is C21H20F2N2O5. The van der Waals surface area contributed by atoms with Gasteiger partial charge in [0.2, 0.25) is 5.82 Å². The number of hydrogen-bond acceptors (Lipinski definition) is 6. The molecule has 3 rings (SSSR count). The zero-order chi connectivity index (χ0) is 21.7. The molecule has 0 aliphatic rings. The van der Waals surface area contributed by atoms with E-state index in [1.165, 1.54) is 0 Å². The second kappa shape index (κ2) is 9.45. The van der Waals surface area contributed by atoms with Crippen molar-refractivity contribution < 1.29 is 32.7 Å². The van der Waals surface area contributed by atoms with Gasteiger partial charge in [0.25, 0.3) is 5.89 Å².